The molecular formula is C15H17NO4S. The van der Waals surface area contributed by atoms with Crippen LogP contribution in [0.2, 0.25) is 0 Å². The first-order valence-electron chi connectivity index (χ1n) is 6.45. The molecule has 0 bridgehead atoms. The molecule has 0 aliphatic carbocycles. The lowest BCUT2D eigenvalue weighted by molar-refractivity contribution is 0.339. The number of rotatable bonds is 6. The molecule has 21 heavy (non-hydrogen) atoms. The zero-order chi connectivity index (χ0) is 15.3. The van der Waals surface area contributed by atoms with Gasteiger partial charge in [0, 0.05) is 5.69 Å². The summed E-state index contributed by atoms with van der Waals surface area (Å²) in [6.45, 7) is 2.55. The summed E-state index contributed by atoms with van der Waals surface area (Å²) in [5.41, 5.74) is 0.497. The quantitative estimate of drug-likeness (QED) is 0.889. The maximum Gasteiger partial charge on any atom is 0.229 e. The van der Waals surface area contributed by atoms with E-state index in [1.807, 2.05) is 31.2 Å². The molecule has 0 spiro atoms. The Hall–Kier alpha value is -2.21. The third kappa shape index (κ3) is 5.00. The number of hydrogen-bond donors (Lipinski definition) is 1. The molecule has 0 fully saturated rings. The lowest BCUT2D eigenvalue weighted by Gasteiger charge is -2.08. The molecule has 0 heterocycles. The highest BCUT2D eigenvalue weighted by Gasteiger charge is 2.03. The summed E-state index contributed by atoms with van der Waals surface area (Å²) in [6.07, 6.45) is 1.11. The van der Waals surface area contributed by atoms with Crippen molar-refractivity contribution in [2.45, 2.75) is 6.92 Å². The van der Waals surface area contributed by atoms with E-state index in [0.717, 1.165) is 12.0 Å². The summed E-state index contributed by atoms with van der Waals surface area (Å²) in [7, 11) is -3.26. The molecule has 6 heteroatoms. The van der Waals surface area contributed by atoms with Gasteiger partial charge >= 0.3 is 0 Å². The van der Waals surface area contributed by atoms with Gasteiger partial charge in [-0.25, -0.2) is 8.42 Å². The average Bonchev–Trinajstić information content (AvgIpc) is 2.42. The Balaban J connectivity index is 2.02. The van der Waals surface area contributed by atoms with E-state index in [0.29, 0.717) is 23.8 Å². The van der Waals surface area contributed by atoms with Crippen LogP contribution in [0, 0.1) is 0 Å². The number of benzene rings is 2. The molecule has 112 valence electrons. The van der Waals surface area contributed by atoms with Crippen LogP contribution in [0.4, 0.5) is 5.69 Å². The van der Waals surface area contributed by atoms with Crippen molar-refractivity contribution in [2.24, 2.45) is 0 Å². The van der Waals surface area contributed by atoms with E-state index in [-0.39, 0.29) is 0 Å². The highest BCUT2D eigenvalue weighted by molar-refractivity contribution is 7.92. The van der Waals surface area contributed by atoms with Gasteiger partial charge in [-0.05, 0) is 55.5 Å². The van der Waals surface area contributed by atoms with Crippen molar-refractivity contribution in [3.63, 3.8) is 0 Å². The van der Waals surface area contributed by atoms with Crippen molar-refractivity contribution in [3.05, 3.63) is 48.5 Å². The maximum atomic E-state index is 11.1. The molecule has 0 amide bonds. The highest BCUT2D eigenvalue weighted by atomic mass is 32.2. The van der Waals surface area contributed by atoms with Gasteiger partial charge in [-0.3, -0.25) is 4.72 Å². The number of hydrogen-bond acceptors (Lipinski definition) is 4. The Labute approximate surface area is 124 Å². The van der Waals surface area contributed by atoms with Crippen molar-refractivity contribution in [1.82, 2.24) is 0 Å². The van der Waals surface area contributed by atoms with Crippen LogP contribution in [0.15, 0.2) is 48.5 Å². The number of anilines is 1. The van der Waals surface area contributed by atoms with Gasteiger partial charge in [0.05, 0.1) is 12.9 Å². The molecule has 1 N–H and O–H groups in total. The molecule has 0 aromatic heterocycles. The summed E-state index contributed by atoms with van der Waals surface area (Å²) in [5, 5.41) is 0. The van der Waals surface area contributed by atoms with E-state index in [1.54, 1.807) is 24.3 Å². The average molecular weight is 307 g/mol. The summed E-state index contributed by atoms with van der Waals surface area (Å²) >= 11 is 0. The lowest BCUT2D eigenvalue weighted by Crippen LogP contribution is -2.09. The van der Waals surface area contributed by atoms with Gasteiger partial charge in [-0.15, -0.1) is 0 Å². The summed E-state index contributed by atoms with van der Waals surface area (Å²) < 4.78 is 35.6. The zero-order valence-electron chi connectivity index (χ0n) is 11.9. The second-order valence-electron chi connectivity index (χ2n) is 4.41. The maximum absolute atomic E-state index is 11.1. The van der Waals surface area contributed by atoms with E-state index >= 15 is 0 Å². The number of ether oxygens (including phenoxy) is 2. The second-order valence-corrected chi connectivity index (χ2v) is 6.15. The molecule has 0 unspecified atom stereocenters. The normalized spacial score (nSPS) is 11.0. The van der Waals surface area contributed by atoms with Crippen molar-refractivity contribution in [2.75, 3.05) is 17.6 Å². The Bertz CT molecular complexity index is 679. The minimum atomic E-state index is -3.26. The minimum absolute atomic E-state index is 0.497. The topological polar surface area (TPSA) is 64.6 Å². The molecule has 2 aromatic carbocycles. The standard InChI is InChI=1S/C15H17NO4S/c1-3-19-13-8-10-15(11-9-13)20-14-6-4-12(5-7-14)16-21(2,17)18/h4-11,16H,3H2,1-2H3. The number of nitrogens with one attached hydrogen (secondary N) is 1. The molecule has 5 nitrogen and oxygen atoms in total. The Morgan fingerprint density at radius 1 is 0.905 bits per heavy atom. The van der Waals surface area contributed by atoms with E-state index in [2.05, 4.69) is 4.72 Å². The Morgan fingerprint density at radius 3 is 1.86 bits per heavy atom. The molecule has 0 radical (unpaired) electrons. The predicted molar refractivity (Wildman–Crippen MR) is 82.6 cm³/mol. The monoisotopic (exact) mass is 307 g/mol. The third-order valence-electron chi connectivity index (χ3n) is 2.53. The van der Waals surface area contributed by atoms with Crippen molar-refractivity contribution in [3.8, 4) is 17.2 Å². The minimum Gasteiger partial charge on any atom is -0.494 e. The van der Waals surface area contributed by atoms with Gasteiger partial charge in [-0.1, -0.05) is 0 Å². The van der Waals surface area contributed by atoms with Crippen molar-refractivity contribution < 1.29 is 17.9 Å². The zero-order valence-corrected chi connectivity index (χ0v) is 12.7. The van der Waals surface area contributed by atoms with Gasteiger partial charge < -0.3 is 9.47 Å². The molecular weight excluding hydrogens is 290 g/mol. The van der Waals surface area contributed by atoms with Gasteiger partial charge in [0.2, 0.25) is 10.0 Å². The molecule has 0 aliphatic rings. The first-order chi connectivity index (χ1) is 9.96. The first kappa shape index (κ1) is 15.2. The van der Waals surface area contributed by atoms with Crippen molar-refractivity contribution >= 4 is 15.7 Å². The summed E-state index contributed by atoms with van der Waals surface area (Å²) in [6, 6.07) is 14.0. The molecule has 0 atom stereocenters. The van der Waals surface area contributed by atoms with Crippen LogP contribution >= 0.6 is 0 Å². The predicted octanol–water partition coefficient (Wildman–Crippen LogP) is 3.25. The van der Waals surface area contributed by atoms with E-state index < -0.39 is 10.0 Å². The van der Waals surface area contributed by atoms with E-state index in [1.165, 1.54) is 0 Å². The Morgan fingerprint density at radius 2 is 1.38 bits per heavy atom. The lowest BCUT2D eigenvalue weighted by atomic mass is 10.3. The molecule has 0 saturated heterocycles. The first-order valence-corrected chi connectivity index (χ1v) is 8.34. The van der Waals surface area contributed by atoms with E-state index in [4.69, 9.17) is 9.47 Å². The SMILES string of the molecule is CCOc1ccc(Oc2ccc(NS(C)(=O)=O)cc2)cc1. The van der Waals surface area contributed by atoms with Crippen LogP contribution < -0.4 is 14.2 Å². The fraction of sp³-hybridized carbons (Fsp3) is 0.200. The van der Waals surface area contributed by atoms with Crippen LogP contribution in [0.3, 0.4) is 0 Å². The third-order valence-corrected chi connectivity index (χ3v) is 3.13. The Kier molecular flexibility index (Phi) is 4.70. The summed E-state index contributed by atoms with van der Waals surface area (Å²) in [4.78, 5) is 0. The van der Waals surface area contributed by atoms with Gasteiger partial charge in [0.25, 0.3) is 0 Å². The van der Waals surface area contributed by atoms with Crippen LogP contribution in [0.25, 0.3) is 0 Å². The van der Waals surface area contributed by atoms with Crippen molar-refractivity contribution in [1.29, 1.82) is 0 Å². The smallest absolute Gasteiger partial charge is 0.229 e. The van der Waals surface area contributed by atoms with Gasteiger partial charge in [-0.2, -0.15) is 0 Å². The fourth-order valence-electron chi connectivity index (χ4n) is 1.71. The van der Waals surface area contributed by atoms with Crippen LogP contribution in [0.1, 0.15) is 6.92 Å². The fourth-order valence-corrected chi connectivity index (χ4v) is 2.28. The highest BCUT2D eigenvalue weighted by Crippen LogP contribution is 2.25. The second kappa shape index (κ2) is 6.49. The molecule has 2 aromatic rings. The van der Waals surface area contributed by atoms with E-state index in [9.17, 15) is 8.42 Å². The van der Waals surface area contributed by atoms with Gasteiger partial charge in [0.15, 0.2) is 0 Å². The molecule has 2 rings (SSSR count). The van der Waals surface area contributed by atoms with Gasteiger partial charge in [0.1, 0.15) is 17.2 Å². The molecule has 0 saturated carbocycles. The largest absolute Gasteiger partial charge is 0.494 e. The number of sulfonamides is 1. The molecule has 0 aliphatic heterocycles. The van der Waals surface area contributed by atoms with Crippen LogP contribution in [0.5, 0.6) is 17.2 Å². The van der Waals surface area contributed by atoms with Crippen LogP contribution in [-0.2, 0) is 10.0 Å². The van der Waals surface area contributed by atoms with Crippen LogP contribution in [-0.4, -0.2) is 21.3 Å². The summed E-state index contributed by atoms with van der Waals surface area (Å²) in [5.74, 6) is 2.10.